The second kappa shape index (κ2) is 5.77. The van der Waals surface area contributed by atoms with E-state index in [4.69, 9.17) is 0 Å². The number of nitrogens with one attached hydrogen (secondary N) is 1. The Bertz CT molecular complexity index is 337. The van der Waals surface area contributed by atoms with Crippen molar-refractivity contribution in [3.05, 3.63) is 0 Å². The van der Waals surface area contributed by atoms with Crippen molar-refractivity contribution < 1.29 is 9.90 Å². The van der Waals surface area contributed by atoms with Crippen LogP contribution < -0.4 is 5.32 Å². The molecule has 0 amide bonds. The average molecular weight is 269 g/mol. The summed E-state index contributed by atoms with van der Waals surface area (Å²) >= 11 is 0. The molecular formula is C14H27N3O2. The number of carbonyl (C=O) groups is 1. The van der Waals surface area contributed by atoms with Gasteiger partial charge in [0.25, 0.3) is 0 Å². The van der Waals surface area contributed by atoms with Crippen molar-refractivity contribution in [2.24, 2.45) is 0 Å². The van der Waals surface area contributed by atoms with Crippen molar-refractivity contribution >= 4 is 5.97 Å². The van der Waals surface area contributed by atoms with E-state index in [-0.39, 0.29) is 0 Å². The molecule has 2 fully saturated rings. The molecule has 5 heteroatoms. The van der Waals surface area contributed by atoms with Gasteiger partial charge in [0.2, 0.25) is 0 Å². The number of carboxylic acid groups (broad SMARTS) is 1. The average Bonchev–Trinajstić information content (AvgIpc) is 2.39. The van der Waals surface area contributed by atoms with Gasteiger partial charge >= 0.3 is 5.97 Å². The third-order valence-corrected chi connectivity index (χ3v) is 4.86. The minimum Gasteiger partial charge on any atom is -0.480 e. The molecule has 19 heavy (non-hydrogen) atoms. The Morgan fingerprint density at radius 2 is 2.16 bits per heavy atom. The lowest BCUT2D eigenvalue weighted by Crippen LogP contribution is -2.64. The number of nitrogens with zero attached hydrogens (tertiary/aromatic N) is 2. The third kappa shape index (κ3) is 3.09. The van der Waals surface area contributed by atoms with Crippen LogP contribution in [0.1, 0.15) is 33.1 Å². The minimum atomic E-state index is -0.856. The summed E-state index contributed by atoms with van der Waals surface area (Å²) in [4.78, 5) is 16.3. The molecule has 0 aromatic rings. The summed E-state index contributed by atoms with van der Waals surface area (Å²) < 4.78 is 0. The van der Waals surface area contributed by atoms with E-state index < -0.39 is 11.5 Å². The Labute approximate surface area is 115 Å². The Kier molecular flexibility index (Phi) is 4.48. The first kappa shape index (κ1) is 14.8. The second-order valence-corrected chi connectivity index (χ2v) is 6.31. The van der Waals surface area contributed by atoms with Crippen molar-refractivity contribution in [2.45, 2.75) is 50.7 Å². The van der Waals surface area contributed by atoms with Crippen LogP contribution in [-0.4, -0.2) is 71.7 Å². The van der Waals surface area contributed by atoms with Crippen molar-refractivity contribution in [2.75, 3.05) is 33.2 Å². The summed E-state index contributed by atoms with van der Waals surface area (Å²) in [6.07, 6.45) is 3.88. The van der Waals surface area contributed by atoms with Crippen molar-refractivity contribution in [1.82, 2.24) is 15.1 Å². The van der Waals surface area contributed by atoms with Gasteiger partial charge in [-0.15, -0.1) is 0 Å². The van der Waals surface area contributed by atoms with Gasteiger partial charge in [0.15, 0.2) is 0 Å². The van der Waals surface area contributed by atoms with E-state index in [1.54, 1.807) is 14.0 Å². The van der Waals surface area contributed by atoms with E-state index in [0.29, 0.717) is 18.6 Å². The Morgan fingerprint density at radius 1 is 1.42 bits per heavy atom. The Hall–Kier alpha value is -0.650. The molecular weight excluding hydrogens is 242 g/mol. The molecule has 2 saturated heterocycles. The first-order valence-electron chi connectivity index (χ1n) is 7.36. The molecule has 0 aromatic carbocycles. The molecule has 0 saturated carbocycles. The highest BCUT2D eigenvalue weighted by Crippen LogP contribution is 2.25. The molecule has 5 nitrogen and oxygen atoms in total. The van der Waals surface area contributed by atoms with Crippen LogP contribution in [0.25, 0.3) is 0 Å². The normalized spacial score (nSPS) is 32.6. The van der Waals surface area contributed by atoms with Crippen LogP contribution in [0.3, 0.4) is 0 Å². The van der Waals surface area contributed by atoms with Gasteiger partial charge in [0.05, 0.1) is 0 Å². The summed E-state index contributed by atoms with van der Waals surface area (Å²) in [6.45, 7) is 7.85. The molecule has 110 valence electrons. The van der Waals surface area contributed by atoms with Crippen LogP contribution in [0.5, 0.6) is 0 Å². The standard InChI is InChI=1S/C14H27N3O2/c1-11-8-16-7-5-4-6-12(16)9-17(11)10-14(2,15-3)13(18)19/h11-12,15H,4-10H2,1-3H3,(H,18,19). The number of hydrogen-bond acceptors (Lipinski definition) is 4. The predicted octanol–water partition coefficient (Wildman–Crippen LogP) is 0.608. The van der Waals surface area contributed by atoms with Gasteiger partial charge < -0.3 is 10.4 Å². The van der Waals surface area contributed by atoms with Crippen LogP contribution in [0.15, 0.2) is 0 Å². The number of carboxylic acids is 1. The molecule has 0 spiro atoms. The zero-order valence-corrected chi connectivity index (χ0v) is 12.4. The van der Waals surface area contributed by atoms with Crippen LogP contribution >= 0.6 is 0 Å². The molecule has 3 atom stereocenters. The molecule has 2 aliphatic rings. The Balaban J connectivity index is 2.02. The van der Waals surface area contributed by atoms with E-state index in [1.165, 1.54) is 25.8 Å². The number of likely N-dealkylation sites (N-methyl/N-ethyl adjacent to an activating group) is 1. The van der Waals surface area contributed by atoms with Crippen molar-refractivity contribution in [3.8, 4) is 0 Å². The number of hydrogen-bond donors (Lipinski definition) is 2. The molecule has 0 aromatic heterocycles. The molecule has 2 aliphatic heterocycles. The molecule has 0 bridgehead atoms. The number of piperazine rings is 1. The van der Waals surface area contributed by atoms with Gasteiger partial charge in [-0.25, -0.2) is 0 Å². The van der Waals surface area contributed by atoms with E-state index in [2.05, 4.69) is 22.0 Å². The third-order valence-electron chi connectivity index (χ3n) is 4.86. The van der Waals surface area contributed by atoms with Crippen molar-refractivity contribution in [3.63, 3.8) is 0 Å². The maximum absolute atomic E-state index is 11.4. The smallest absolute Gasteiger partial charge is 0.324 e. The molecule has 0 radical (unpaired) electrons. The summed E-state index contributed by atoms with van der Waals surface area (Å²) in [5, 5.41) is 12.3. The topological polar surface area (TPSA) is 55.8 Å². The van der Waals surface area contributed by atoms with Crippen LogP contribution in [0.2, 0.25) is 0 Å². The fourth-order valence-electron chi connectivity index (χ4n) is 3.29. The van der Waals surface area contributed by atoms with E-state index in [1.807, 2.05) is 0 Å². The highest BCUT2D eigenvalue weighted by Gasteiger charge is 2.39. The fraction of sp³-hybridized carbons (Fsp3) is 0.929. The maximum atomic E-state index is 11.4. The monoisotopic (exact) mass is 269 g/mol. The minimum absolute atomic E-state index is 0.432. The van der Waals surface area contributed by atoms with Gasteiger partial charge in [-0.1, -0.05) is 6.42 Å². The lowest BCUT2D eigenvalue weighted by atomic mass is 9.94. The number of piperidine rings is 1. The van der Waals surface area contributed by atoms with Gasteiger partial charge in [-0.05, 0) is 40.3 Å². The van der Waals surface area contributed by atoms with Gasteiger partial charge in [0, 0.05) is 31.7 Å². The van der Waals surface area contributed by atoms with E-state index in [9.17, 15) is 9.90 Å². The van der Waals surface area contributed by atoms with Gasteiger partial charge in [-0.2, -0.15) is 0 Å². The summed E-state index contributed by atoms with van der Waals surface area (Å²) in [6, 6.07) is 1.06. The number of fused-ring (bicyclic) bond motifs is 1. The predicted molar refractivity (Wildman–Crippen MR) is 75.3 cm³/mol. The van der Waals surface area contributed by atoms with E-state index >= 15 is 0 Å². The summed E-state index contributed by atoms with van der Waals surface area (Å²) in [5.41, 5.74) is -0.856. The summed E-state index contributed by atoms with van der Waals surface area (Å²) in [5.74, 6) is -0.770. The number of aliphatic carboxylic acids is 1. The number of rotatable bonds is 4. The molecule has 0 aliphatic carbocycles. The lowest BCUT2D eigenvalue weighted by Gasteiger charge is -2.49. The molecule has 2 heterocycles. The first-order chi connectivity index (χ1) is 8.96. The zero-order chi connectivity index (χ0) is 14.0. The molecule has 3 unspecified atom stereocenters. The van der Waals surface area contributed by atoms with Crippen molar-refractivity contribution in [1.29, 1.82) is 0 Å². The largest absolute Gasteiger partial charge is 0.480 e. The van der Waals surface area contributed by atoms with Crippen LogP contribution in [-0.2, 0) is 4.79 Å². The van der Waals surface area contributed by atoms with Crippen LogP contribution in [0, 0.1) is 0 Å². The molecule has 2 rings (SSSR count). The first-order valence-corrected chi connectivity index (χ1v) is 7.36. The van der Waals surface area contributed by atoms with Crippen LogP contribution in [0.4, 0.5) is 0 Å². The highest BCUT2D eigenvalue weighted by molar-refractivity contribution is 5.78. The maximum Gasteiger partial charge on any atom is 0.324 e. The molecule has 2 N–H and O–H groups in total. The Morgan fingerprint density at radius 3 is 2.79 bits per heavy atom. The fourth-order valence-corrected chi connectivity index (χ4v) is 3.29. The van der Waals surface area contributed by atoms with E-state index in [0.717, 1.165) is 13.1 Å². The SMILES string of the molecule is CNC(C)(CN1CC2CCCCN2CC1C)C(=O)O. The van der Waals surface area contributed by atoms with Gasteiger partial charge in [0.1, 0.15) is 5.54 Å². The summed E-state index contributed by atoms with van der Waals surface area (Å²) in [7, 11) is 1.73. The highest BCUT2D eigenvalue weighted by atomic mass is 16.4. The quantitative estimate of drug-likeness (QED) is 0.783. The van der Waals surface area contributed by atoms with Gasteiger partial charge in [-0.3, -0.25) is 14.6 Å². The second-order valence-electron chi connectivity index (χ2n) is 6.31. The lowest BCUT2D eigenvalue weighted by molar-refractivity contribution is -0.145. The zero-order valence-electron chi connectivity index (χ0n) is 12.4.